The molecule has 15 aromatic carbocycles. The van der Waals surface area contributed by atoms with Crippen molar-refractivity contribution in [1.29, 1.82) is 0 Å². The first-order valence-corrected chi connectivity index (χ1v) is 38.3. The van der Waals surface area contributed by atoms with Gasteiger partial charge in [-0.15, -0.1) is 0 Å². The molecular formula is C102H79BN4O2. The standard InChI is InChI=1S/C102H79BN4O2/c1-100(2,3)66-54-77(62-30-14-10-15-31-62)96(78(55-66)63-32-16-11-17-33-63)106-87-60-69(104-83-42-26-22-40-75(83)93-85(104)52-48-73-71-38-24-28-44-91(71)108-98(73)93)46-50-81(87)103-82-51-47-70(105-84-43-27-23-41-76(84)94-86(105)53-49-74-72-39-25-29-45-92(72)109-99(74)94)61-88(82)107(90-59-68(102(7,8)9)58-89(106)95(90)103)97-79(64-34-18-12-19-35-64)56-67(101(4,5)6)57-80(97)65-36-20-13-21-37-65/h10-61H,1-9H3. The molecule has 6 heterocycles. The van der Waals surface area contributed by atoms with E-state index in [9.17, 15) is 0 Å². The van der Waals surface area contributed by atoms with Crippen molar-refractivity contribution in [1.82, 2.24) is 9.13 Å². The Balaban J connectivity index is 0.936. The normalized spacial score (nSPS) is 13.1. The van der Waals surface area contributed by atoms with Crippen LogP contribution in [0.15, 0.2) is 324 Å². The third-order valence-electron chi connectivity index (χ3n) is 23.5. The van der Waals surface area contributed by atoms with Crippen molar-refractivity contribution in [2.24, 2.45) is 0 Å². The molecule has 522 valence electrons. The fourth-order valence-electron chi connectivity index (χ4n) is 18.2. The molecule has 0 unspecified atom stereocenters. The number of hydrogen-bond acceptors (Lipinski definition) is 4. The molecule has 0 bridgehead atoms. The zero-order chi connectivity index (χ0) is 73.5. The van der Waals surface area contributed by atoms with E-state index in [-0.39, 0.29) is 23.0 Å². The zero-order valence-corrected chi connectivity index (χ0v) is 62.7. The van der Waals surface area contributed by atoms with Crippen LogP contribution >= 0.6 is 0 Å². The lowest BCUT2D eigenvalue weighted by Crippen LogP contribution is -2.61. The van der Waals surface area contributed by atoms with Crippen molar-refractivity contribution in [3.8, 4) is 55.9 Å². The van der Waals surface area contributed by atoms with Crippen molar-refractivity contribution >= 4 is 145 Å². The summed E-state index contributed by atoms with van der Waals surface area (Å²) in [7, 11) is 0. The second-order valence-corrected chi connectivity index (χ2v) is 33.1. The van der Waals surface area contributed by atoms with E-state index in [1.807, 2.05) is 0 Å². The Morgan fingerprint density at radius 2 is 0.587 bits per heavy atom. The topological polar surface area (TPSA) is 42.6 Å². The number of rotatable bonds is 8. The van der Waals surface area contributed by atoms with E-state index in [0.717, 1.165) is 177 Å². The number of aromatic nitrogens is 2. The van der Waals surface area contributed by atoms with Gasteiger partial charge in [0.15, 0.2) is 0 Å². The zero-order valence-electron chi connectivity index (χ0n) is 62.7. The molecule has 2 aliphatic heterocycles. The Hall–Kier alpha value is -12.8. The molecule has 21 rings (SSSR count). The number of furan rings is 2. The van der Waals surface area contributed by atoms with Crippen LogP contribution in [0.4, 0.5) is 34.1 Å². The summed E-state index contributed by atoms with van der Waals surface area (Å²) in [6.45, 7) is 21.0. The van der Waals surface area contributed by atoms with Crippen LogP contribution in [0.25, 0.3) is 143 Å². The summed E-state index contributed by atoms with van der Waals surface area (Å²) in [4.78, 5) is 5.44. The molecule has 0 atom stereocenters. The molecule has 2 aliphatic rings. The van der Waals surface area contributed by atoms with Crippen molar-refractivity contribution in [2.45, 2.75) is 78.6 Å². The smallest absolute Gasteiger partial charge is 0.252 e. The predicted molar refractivity (Wildman–Crippen MR) is 462 cm³/mol. The summed E-state index contributed by atoms with van der Waals surface area (Å²) in [6, 6.07) is 119. The lowest BCUT2D eigenvalue weighted by molar-refractivity contribution is 0.590. The van der Waals surface area contributed by atoms with E-state index in [0.29, 0.717) is 0 Å². The van der Waals surface area contributed by atoms with Gasteiger partial charge < -0.3 is 27.8 Å². The first-order chi connectivity index (χ1) is 53.0. The van der Waals surface area contributed by atoms with Gasteiger partial charge in [0.2, 0.25) is 0 Å². The van der Waals surface area contributed by atoms with E-state index in [1.54, 1.807) is 0 Å². The fraction of sp³-hybridized carbons (Fsp3) is 0.118. The molecule has 0 saturated heterocycles. The van der Waals surface area contributed by atoms with Crippen LogP contribution in [0.3, 0.4) is 0 Å². The fourth-order valence-corrected chi connectivity index (χ4v) is 18.2. The van der Waals surface area contributed by atoms with Gasteiger partial charge in [-0.1, -0.05) is 269 Å². The van der Waals surface area contributed by atoms with Crippen LogP contribution in [-0.4, -0.2) is 15.8 Å². The predicted octanol–water partition coefficient (Wildman–Crippen LogP) is 26.3. The third kappa shape index (κ3) is 9.88. The van der Waals surface area contributed by atoms with E-state index < -0.39 is 0 Å². The third-order valence-corrected chi connectivity index (χ3v) is 23.5. The summed E-state index contributed by atoms with van der Waals surface area (Å²) in [6.07, 6.45) is 0. The van der Waals surface area contributed by atoms with Gasteiger partial charge in [-0.2, -0.15) is 0 Å². The molecule has 7 heteroatoms. The quantitative estimate of drug-likeness (QED) is 0.142. The highest BCUT2D eigenvalue weighted by Crippen LogP contribution is 2.56. The Bertz CT molecular complexity index is 6450. The number of benzene rings is 15. The number of fused-ring (bicyclic) bond motifs is 18. The number of para-hydroxylation sites is 4. The van der Waals surface area contributed by atoms with Crippen molar-refractivity contribution in [3.63, 3.8) is 0 Å². The lowest BCUT2D eigenvalue weighted by atomic mass is 9.33. The molecule has 109 heavy (non-hydrogen) atoms. The monoisotopic (exact) mass is 1400 g/mol. The molecule has 0 N–H and O–H groups in total. The van der Waals surface area contributed by atoms with Gasteiger partial charge in [0.05, 0.1) is 44.2 Å². The minimum Gasteiger partial charge on any atom is -0.455 e. The lowest BCUT2D eigenvalue weighted by Gasteiger charge is -2.47. The largest absolute Gasteiger partial charge is 0.455 e. The first kappa shape index (κ1) is 64.5. The Morgan fingerprint density at radius 3 is 0.945 bits per heavy atom. The maximum Gasteiger partial charge on any atom is 0.252 e. The Labute approximate surface area is 635 Å². The van der Waals surface area contributed by atoms with Gasteiger partial charge in [0, 0.05) is 88.7 Å². The van der Waals surface area contributed by atoms with Crippen LogP contribution in [0.5, 0.6) is 0 Å². The van der Waals surface area contributed by atoms with Crippen LogP contribution < -0.4 is 26.2 Å². The van der Waals surface area contributed by atoms with E-state index in [2.05, 4.69) is 397 Å². The summed E-state index contributed by atoms with van der Waals surface area (Å²) in [5.74, 6) is 0. The highest BCUT2D eigenvalue weighted by molar-refractivity contribution is 7.00. The Kier molecular flexibility index (Phi) is 14.1. The van der Waals surface area contributed by atoms with Crippen LogP contribution in [0, 0.1) is 0 Å². The van der Waals surface area contributed by atoms with Crippen molar-refractivity contribution in [2.75, 3.05) is 9.80 Å². The summed E-state index contributed by atoms with van der Waals surface area (Å²) in [5, 5.41) is 8.92. The van der Waals surface area contributed by atoms with Crippen LogP contribution in [0.1, 0.15) is 79.0 Å². The second-order valence-electron chi connectivity index (χ2n) is 33.1. The van der Waals surface area contributed by atoms with E-state index in [4.69, 9.17) is 8.83 Å². The van der Waals surface area contributed by atoms with Gasteiger partial charge >= 0.3 is 0 Å². The minimum atomic E-state index is -0.361. The van der Waals surface area contributed by atoms with Crippen molar-refractivity contribution < 1.29 is 8.83 Å². The molecule has 0 fully saturated rings. The Morgan fingerprint density at radius 1 is 0.266 bits per heavy atom. The molecule has 0 radical (unpaired) electrons. The molecule has 0 amide bonds. The van der Waals surface area contributed by atoms with Gasteiger partial charge in [-0.25, -0.2) is 0 Å². The number of anilines is 6. The highest BCUT2D eigenvalue weighted by atomic mass is 16.3. The van der Waals surface area contributed by atoms with Gasteiger partial charge in [0.1, 0.15) is 22.3 Å². The molecule has 19 aromatic rings. The molecule has 6 nitrogen and oxygen atoms in total. The summed E-state index contributed by atoms with van der Waals surface area (Å²) < 4.78 is 19.0. The summed E-state index contributed by atoms with van der Waals surface area (Å²) >= 11 is 0. The van der Waals surface area contributed by atoms with Gasteiger partial charge in [-0.3, -0.25) is 0 Å². The van der Waals surface area contributed by atoms with Crippen LogP contribution in [0.2, 0.25) is 0 Å². The minimum absolute atomic E-state index is 0.214. The molecule has 4 aromatic heterocycles. The SMILES string of the molecule is CC(C)(C)c1cc(-c2ccccc2)c(N2c3cc(-n4c5ccccc5c5c6oc7ccccc7c6ccc54)ccc3B3c4ccc(-n5c6ccccc6c6c7oc8ccccc8c7ccc65)cc4N(c4c(-c5ccccc5)cc(C(C)(C)C)cc4-c4ccccc4)c4cc(C(C)(C)C)cc2c43)c(-c2ccccc2)c1. The van der Waals surface area contributed by atoms with Crippen molar-refractivity contribution in [3.05, 3.63) is 332 Å². The summed E-state index contributed by atoms with van der Waals surface area (Å²) in [5.41, 5.74) is 32.5. The molecular weight excluding hydrogens is 1320 g/mol. The van der Waals surface area contributed by atoms with Gasteiger partial charge in [-0.05, 0) is 181 Å². The average Bonchev–Trinajstić information content (AvgIpc) is 1.06. The molecule has 0 saturated carbocycles. The second kappa shape index (κ2) is 23.8. The number of nitrogens with zero attached hydrogens (tertiary/aromatic N) is 4. The average molecular weight is 1400 g/mol. The highest BCUT2D eigenvalue weighted by Gasteiger charge is 2.47. The maximum atomic E-state index is 6.99. The molecule has 0 spiro atoms. The molecule has 0 aliphatic carbocycles. The maximum absolute atomic E-state index is 6.99. The van der Waals surface area contributed by atoms with E-state index >= 15 is 0 Å². The van der Waals surface area contributed by atoms with Gasteiger partial charge in [0.25, 0.3) is 6.71 Å². The van der Waals surface area contributed by atoms with E-state index in [1.165, 1.54) is 33.1 Å². The van der Waals surface area contributed by atoms with Crippen LogP contribution in [-0.2, 0) is 16.2 Å². The number of hydrogen-bond donors (Lipinski definition) is 0. The first-order valence-electron chi connectivity index (χ1n) is 38.3.